The van der Waals surface area contributed by atoms with E-state index in [2.05, 4.69) is 10.3 Å². The lowest BCUT2D eigenvalue weighted by Crippen LogP contribution is -2.39. The Labute approximate surface area is 155 Å². The largest absolute Gasteiger partial charge is 0.454 e. The van der Waals surface area contributed by atoms with Gasteiger partial charge in [-0.1, -0.05) is 18.2 Å². The van der Waals surface area contributed by atoms with Gasteiger partial charge in [-0.05, 0) is 36.8 Å². The molecular formula is C19H19N3O3S. The number of nitrogens with one attached hydrogen (secondary N) is 1. The third-order valence-electron chi connectivity index (χ3n) is 4.21. The van der Waals surface area contributed by atoms with E-state index in [-0.39, 0.29) is 12.8 Å². The van der Waals surface area contributed by atoms with Crippen LogP contribution < -0.4 is 14.8 Å². The van der Waals surface area contributed by atoms with Gasteiger partial charge in [0.05, 0.1) is 16.8 Å². The number of benzene rings is 2. The van der Waals surface area contributed by atoms with E-state index in [1.54, 1.807) is 16.2 Å². The van der Waals surface area contributed by atoms with Gasteiger partial charge in [0, 0.05) is 13.1 Å². The number of hydrogen-bond donors (Lipinski definition) is 1. The molecule has 0 saturated heterocycles. The number of amides is 2. The van der Waals surface area contributed by atoms with Gasteiger partial charge in [-0.15, -0.1) is 11.3 Å². The predicted octanol–water partition coefficient (Wildman–Crippen LogP) is 3.76. The van der Waals surface area contributed by atoms with Gasteiger partial charge >= 0.3 is 6.03 Å². The monoisotopic (exact) mass is 369 g/mol. The van der Waals surface area contributed by atoms with Crippen molar-refractivity contribution in [1.29, 1.82) is 0 Å². The first-order valence-electron chi connectivity index (χ1n) is 8.48. The number of nitrogens with zero attached hydrogens (tertiary/aromatic N) is 2. The maximum atomic E-state index is 12.5. The fraction of sp³-hybridized carbons (Fsp3) is 0.263. The normalized spacial score (nSPS) is 12.3. The number of carbonyl (C=O) groups is 1. The van der Waals surface area contributed by atoms with Gasteiger partial charge in [-0.25, -0.2) is 9.78 Å². The number of aromatic nitrogens is 1. The Balaban J connectivity index is 1.39. The molecule has 0 radical (unpaired) electrons. The molecule has 3 aromatic rings. The van der Waals surface area contributed by atoms with Crippen LogP contribution in [0.4, 0.5) is 4.79 Å². The minimum atomic E-state index is -0.107. The lowest BCUT2D eigenvalue weighted by Gasteiger charge is -2.21. The molecule has 2 aromatic carbocycles. The van der Waals surface area contributed by atoms with Gasteiger partial charge in [-0.3, -0.25) is 0 Å². The van der Waals surface area contributed by atoms with E-state index in [4.69, 9.17) is 9.47 Å². The molecule has 1 aromatic heterocycles. The maximum Gasteiger partial charge on any atom is 0.318 e. The van der Waals surface area contributed by atoms with Crippen molar-refractivity contribution in [3.8, 4) is 11.5 Å². The second kappa shape index (κ2) is 7.21. The average molecular weight is 369 g/mol. The maximum absolute atomic E-state index is 12.5. The molecule has 2 heterocycles. The molecule has 2 amide bonds. The highest BCUT2D eigenvalue weighted by atomic mass is 32.1. The molecule has 6 nitrogen and oxygen atoms in total. The number of urea groups is 1. The minimum Gasteiger partial charge on any atom is -0.454 e. The summed E-state index contributed by atoms with van der Waals surface area (Å²) >= 11 is 1.60. The van der Waals surface area contributed by atoms with Gasteiger partial charge in [0.15, 0.2) is 11.5 Å². The van der Waals surface area contributed by atoms with Gasteiger partial charge in [-0.2, -0.15) is 0 Å². The number of para-hydroxylation sites is 1. The summed E-state index contributed by atoms with van der Waals surface area (Å²) in [5, 5.41) is 3.86. The van der Waals surface area contributed by atoms with Crippen molar-refractivity contribution in [2.45, 2.75) is 20.0 Å². The number of rotatable bonds is 5. The van der Waals surface area contributed by atoms with Gasteiger partial charge in [0.25, 0.3) is 0 Å². The molecule has 1 aliphatic heterocycles. The number of ether oxygens (including phenoxy) is 2. The van der Waals surface area contributed by atoms with E-state index in [0.717, 1.165) is 32.3 Å². The van der Waals surface area contributed by atoms with Crippen molar-refractivity contribution in [3.63, 3.8) is 0 Å². The van der Waals surface area contributed by atoms with Crippen LogP contribution in [-0.2, 0) is 13.1 Å². The molecule has 0 saturated carbocycles. The number of fused-ring (bicyclic) bond motifs is 2. The Kier molecular flexibility index (Phi) is 4.62. The summed E-state index contributed by atoms with van der Waals surface area (Å²) in [4.78, 5) is 18.8. The fourth-order valence-corrected chi connectivity index (χ4v) is 3.75. The third-order valence-corrected chi connectivity index (χ3v) is 5.24. The molecule has 7 heteroatoms. The zero-order valence-corrected chi connectivity index (χ0v) is 15.2. The van der Waals surface area contributed by atoms with Crippen molar-refractivity contribution in [3.05, 3.63) is 53.0 Å². The smallest absolute Gasteiger partial charge is 0.318 e. The molecule has 0 spiro atoms. The van der Waals surface area contributed by atoms with E-state index in [1.807, 2.05) is 49.4 Å². The van der Waals surface area contributed by atoms with Crippen LogP contribution in [0.5, 0.6) is 11.5 Å². The van der Waals surface area contributed by atoms with Crippen LogP contribution in [0.3, 0.4) is 0 Å². The van der Waals surface area contributed by atoms with E-state index in [0.29, 0.717) is 19.6 Å². The molecule has 0 aliphatic carbocycles. The lowest BCUT2D eigenvalue weighted by atomic mass is 10.2. The van der Waals surface area contributed by atoms with Crippen LogP contribution in [0, 0.1) is 0 Å². The lowest BCUT2D eigenvalue weighted by molar-refractivity contribution is 0.173. The number of thiazole rings is 1. The zero-order chi connectivity index (χ0) is 17.9. The van der Waals surface area contributed by atoms with Crippen molar-refractivity contribution in [2.75, 3.05) is 13.3 Å². The van der Waals surface area contributed by atoms with Crippen LogP contribution in [-0.4, -0.2) is 29.3 Å². The molecule has 1 aliphatic rings. The fourth-order valence-electron chi connectivity index (χ4n) is 2.85. The summed E-state index contributed by atoms with van der Waals surface area (Å²) < 4.78 is 11.9. The highest BCUT2D eigenvalue weighted by molar-refractivity contribution is 7.18. The van der Waals surface area contributed by atoms with Gasteiger partial charge in [0.2, 0.25) is 6.79 Å². The second-order valence-electron chi connectivity index (χ2n) is 5.94. The Bertz CT molecular complexity index is 908. The molecule has 26 heavy (non-hydrogen) atoms. The molecule has 0 bridgehead atoms. The SMILES string of the molecule is CCN(Cc1ccc2c(c1)OCO2)C(=O)NCc1nc2ccccc2s1. The van der Waals surface area contributed by atoms with Crippen LogP contribution in [0.25, 0.3) is 10.2 Å². The topological polar surface area (TPSA) is 63.7 Å². The molecule has 134 valence electrons. The quantitative estimate of drug-likeness (QED) is 0.744. The number of carbonyl (C=O) groups excluding carboxylic acids is 1. The summed E-state index contributed by atoms with van der Waals surface area (Å²) in [5.41, 5.74) is 1.97. The van der Waals surface area contributed by atoms with E-state index in [9.17, 15) is 4.79 Å². The second-order valence-corrected chi connectivity index (χ2v) is 7.05. The summed E-state index contributed by atoms with van der Waals surface area (Å²) in [6.07, 6.45) is 0. The van der Waals surface area contributed by atoms with Gasteiger partial charge < -0.3 is 19.7 Å². The molecule has 0 fully saturated rings. The molecular weight excluding hydrogens is 350 g/mol. The Hall–Kier alpha value is -2.80. The number of hydrogen-bond acceptors (Lipinski definition) is 5. The van der Waals surface area contributed by atoms with E-state index < -0.39 is 0 Å². The first-order valence-corrected chi connectivity index (χ1v) is 9.30. The van der Waals surface area contributed by atoms with Crippen molar-refractivity contribution < 1.29 is 14.3 Å². The highest BCUT2D eigenvalue weighted by Crippen LogP contribution is 2.32. The van der Waals surface area contributed by atoms with Crippen LogP contribution in [0.1, 0.15) is 17.5 Å². The van der Waals surface area contributed by atoms with E-state index >= 15 is 0 Å². The van der Waals surface area contributed by atoms with Crippen LogP contribution >= 0.6 is 11.3 Å². The minimum absolute atomic E-state index is 0.107. The highest BCUT2D eigenvalue weighted by Gasteiger charge is 2.17. The summed E-state index contributed by atoms with van der Waals surface area (Å²) in [6, 6.07) is 13.6. The van der Waals surface area contributed by atoms with Gasteiger partial charge in [0.1, 0.15) is 5.01 Å². The molecule has 0 unspecified atom stereocenters. The Morgan fingerprint density at radius 1 is 1.23 bits per heavy atom. The van der Waals surface area contributed by atoms with E-state index in [1.165, 1.54) is 0 Å². The Morgan fingerprint density at radius 2 is 2.08 bits per heavy atom. The van der Waals surface area contributed by atoms with Crippen molar-refractivity contribution in [2.24, 2.45) is 0 Å². The summed E-state index contributed by atoms with van der Waals surface area (Å²) in [5.74, 6) is 1.48. The van der Waals surface area contributed by atoms with Crippen LogP contribution in [0.15, 0.2) is 42.5 Å². The first kappa shape index (κ1) is 16.7. The van der Waals surface area contributed by atoms with Crippen molar-refractivity contribution >= 4 is 27.6 Å². The van der Waals surface area contributed by atoms with Crippen LogP contribution in [0.2, 0.25) is 0 Å². The predicted molar refractivity (Wildman–Crippen MR) is 101 cm³/mol. The zero-order valence-electron chi connectivity index (χ0n) is 14.4. The first-order chi connectivity index (χ1) is 12.7. The summed E-state index contributed by atoms with van der Waals surface area (Å²) in [6.45, 7) is 3.76. The third kappa shape index (κ3) is 3.43. The molecule has 4 rings (SSSR count). The average Bonchev–Trinajstić information content (AvgIpc) is 3.29. The molecule has 1 N–H and O–H groups in total. The molecule has 0 atom stereocenters. The standard InChI is InChI=1S/C19H19N3O3S/c1-2-22(11-13-7-8-15-16(9-13)25-12-24-15)19(23)20-10-18-21-14-5-3-4-6-17(14)26-18/h3-9H,2,10-12H2,1H3,(H,20,23). The Morgan fingerprint density at radius 3 is 2.92 bits per heavy atom. The van der Waals surface area contributed by atoms with Crippen molar-refractivity contribution in [1.82, 2.24) is 15.2 Å². The summed E-state index contributed by atoms with van der Waals surface area (Å²) in [7, 11) is 0.